The van der Waals surface area contributed by atoms with E-state index >= 15 is 0 Å². The Morgan fingerprint density at radius 1 is 1.30 bits per heavy atom. The first kappa shape index (κ1) is 19.3. The number of hydrogen-bond donors (Lipinski definition) is 0. The Bertz CT molecular complexity index is 967. The second kappa shape index (κ2) is 8.02. The van der Waals surface area contributed by atoms with Crippen molar-refractivity contribution in [2.24, 2.45) is 7.05 Å². The summed E-state index contributed by atoms with van der Waals surface area (Å²) in [6.45, 7) is 2.55. The predicted octanol–water partition coefficient (Wildman–Crippen LogP) is 3.54. The number of amides is 1. The molecule has 0 aliphatic rings. The van der Waals surface area contributed by atoms with Crippen LogP contribution in [-0.4, -0.2) is 37.4 Å². The summed E-state index contributed by atoms with van der Waals surface area (Å²) in [4.78, 5) is 14.2. The number of nitrogens with zero attached hydrogens (tertiary/aromatic N) is 5. The molecule has 0 radical (unpaired) electrons. The summed E-state index contributed by atoms with van der Waals surface area (Å²) < 4.78 is 8.93. The van der Waals surface area contributed by atoms with Gasteiger partial charge in [0.05, 0.1) is 11.2 Å². The maximum atomic E-state index is 12.6. The van der Waals surface area contributed by atoms with Gasteiger partial charge >= 0.3 is 0 Å². The fourth-order valence-corrected chi connectivity index (χ4v) is 2.96. The molecule has 3 aromatic rings. The molecule has 0 saturated heterocycles. The fourth-order valence-electron chi connectivity index (χ4n) is 2.50. The zero-order valence-corrected chi connectivity index (χ0v) is 16.7. The average molecular weight is 408 g/mol. The van der Waals surface area contributed by atoms with Crippen LogP contribution >= 0.6 is 23.2 Å². The van der Waals surface area contributed by atoms with E-state index in [0.717, 1.165) is 11.3 Å². The van der Waals surface area contributed by atoms with Gasteiger partial charge in [-0.3, -0.25) is 9.48 Å². The van der Waals surface area contributed by atoms with Crippen LogP contribution < -0.4 is 4.74 Å². The topological polar surface area (TPSA) is 65.2 Å². The highest BCUT2D eigenvalue weighted by Gasteiger charge is 2.17. The van der Waals surface area contributed by atoms with E-state index in [4.69, 9.17) is 27.9 Å². The van der Waals surface area contributed by atoms with Gasteiger partial charge < -0.3 is 9.64 Å². The molecule has 9 heteroatoms. The van der Waals surface area contributed by atoms with Gasteiger partial charge in [0.15, 0.2) is 12.4 Å². The molecule has 7 nitrogen and oxygen atoms in total. The highest BCUT2D eigenvalue weighted by molar-refractivity contribution is 6.35. The van der Waals surface area contributed by atoms with E-state index in [-0.39, 0.29) is 12.6 Å². The fraction of sp³-hybridized carbons (Fsp3) is 0.278. The number of hydrogen-bond acceptors (Lipinski definition) is 4. The van der Waals surface area contributed by atoms with Crippen LogP contribution in [0.5, 0.6) is 5.75 Å². The summed E-state index contributed by atoms with van der Waals surface area (Å²) in [6, 6.07) is 6.63. The van der Waals surface area contributed by atoms with Gasteiger partial charge in [-0.25, -0.2) is 4.68 Å². The quantitative estimate of drug-likeness (QED) is 0.626. The first-order chi connectivity index (χ1) is 12.8. The van der Waals surface area contributed by atoms with Crippen LogP contribution in [-0.2, 0) is 20.3 Å². The van der Waals surface area contributed by atoms with Crippen LogP contribution in [0.15, 0.2) is 36.7 Å². The molecule has 0 atom stereocenters. The first-order valence-corrected chi connectivity index (χ1v) is 8.95. The molecule has 0 saturated carbocycles. The highest BCUT2D eigenvalue weighted by Crippen LogP contribution is 2.27. The molecule has 0 spiro atoms. The van der Waals surface area contributed by atoms with E-state index < -0.39 is 0 Å². The number of carbonyl (C=O) groups excluding carboxylic acids is 1. The minimum atomic E-state index is -0.179. The van der Waals surface area contributed by atoms with E-state index in [1.165, 1.54) is 4.68 Å². The van der Waals surface area contributed by atoms with Crippen LogP contribution in [0, 0.1) is 6.92 Å². The van der Waals surface area contributed by atoms with E-state index in [1.54, 1.807) is 53.3 Å². The van der Waals surface area contributed by atoms with E-state index in [9.17, 15) is 4.79 Å². The van der Waals surface area contributed by atoms with Crippen molar-refractivity contribution in [3.05, 3.63) is 63.7 Å². The molecular weight excluding hydrogens is 389 g/mol. The lowest BCUT2D eigenvalue weighted by Gasteiger charge is -2.15. The van der Waals surface area contributed by atoms with Crippen molar-refractivity contribution in [1.29, 1.82) is 0 Å². The minimum Gasteiger partial charge on any atom is -0.470 e. The van der Waals surface area contributed by atoms with Gasteiger partial charge in [-0.2, -0.15) is 10.2 Å². The second-order valence-corrected chi connectivity index (χ2v) is 6.97. The maximum absolute atomic E-state index is 12.6. The summed E-state index contributed by atoms with van der Waals surface area (Å²) in [5.74, 6) is 0.315. The molecule has 3 rings (SSSR count). The smallest absolute Gasteiger partial charge is 0.274 e. The van der Waals surface area contributed by atoms with Gasteiger partial charge in [0.2, 0.25) is 0 Å². The maximum Gasteiger partial charge on any atom is 0.274 e. The van der Waals surface area contributed by atoms with E-state index in [1.807, 2.05) is 14.0 Å². The zero-order chi connectivity index (χ0) is 19.6. The van der Waals surface area contributed by atoms with Crippen LogP contribution in [0.1, 0.15) is 21.7 Å². The monoisotopic (exact) mass is 407 g/mol. The van der Waals surface area contributed by atoms with Crippen molar-refractivity contribution < 1.29 is 9.53 Å². The van der Waals surface area contributed by atoms with Crippen molar-refractivity contribution in [2.75, 3.05) is 7.05 Å². The first-order valence-electron chi connectivity index (χ1n) is 8.19. The Hall–Kier alpha value is -2.51. The number of ether oxygens (including phenoxy) is 1. The molecule has 0 N–H and O–H groups in total. The normalized spacial score (nSPS) is 10.9. The van der Waals surface area contributed by atoms with Crippen LogP contribution in [0.25, 0.3) is 0 Å². The number of halogens is 2. The van der Waals surface area contributed by atoms with Crippen molar-refractivity contribution in [3.63, 3.8) is 0 Å². The minimum absolute atomic E-state index is 0.125. The van der Waals surface area contributed by atoms with Crippen LogP contribution in [0.2, 0.25) is 10.0 Å². The summed E-state index contributed by atoms with van der Waals surface area (Å²) in [5.41, 5.74) is 2.35. The zero-order valence-electron chi connectivity index (χ0n) is 15.2. The van der Waals surface area contributed by atoms with Gasteiger partial charge in [0, 0.05) is 43.1 Å². The summed E-state index contributed by atoms with van der Waals surface area (Å²) in [7, 11) is 3.60. The Labute approximate surface area is 167 Å². The molecule has 1 amide bonds. The van der Waals surface area contributed by atoms with Gasteiger partial charge in [-0.1, -0.05) is 23.2 Å². The lowest BCUT2D eigenvalue weighted by Crippen LogP contribution is -2.27. The SMILES string of the molecule is Cc1c(CN(C)C(=O)c2ccn(COc3ccc(Cl)cc3Cl)n2)cnn1C. The molecular formula is C18H19Cl2N5O2. The molecule has 0 aliphatic carbocycles. The number of rotatable bonds is 6. The molecule has 0 bridgehead atoms. The van der Waals surface area contributed by atoms with E-state index in [2.05, 4.69) is 10.2 Å². The van der Waals surface area contributed by atoms with Crippen molar-refractivity contribution >= 4 is 29.1 Å². The number of aromatic nitrogens is 4. The third-order valence-electron chi connectivity index (χ3n) is 4.20. The van der Waals surface area contributed by atoms with Gasteiger partial charge in [-0.05, 0) is 31.2 Å². The number of carbonyl (C=O) groups is 1. The molecule has 0 aliphatic heterocycles. The molecule has 142 valence electrons. The summed E-state index contributed by atoms with van der Waals surface area (Å²) in [6.07, 6.45) is 3.45. The van der Waals surface area contributed by atoms with Crippen LogP contribution in [0.3, 0.4) is 0 Å². The van der Waals surface area contributed by atoms with Gasteiger partial charge in [0.1, 0.15) is 5.75 Å². The Balaban J connectivity index is 1.62. The predicted molar refractivity (Wildman–Crippen MR) is 103 cm³/mol. The Morgan fingerprint density at radius 2 is 2.07 bits per heavy atom. The Kier molecular flexibility index (Phi) is 5.72. The largest absolute Gasteiger partial charge is 0.470 e. The summed E-state index contributed by atoms with van der Waals surface area (Å²) in [5, 5.41) is 9.42. The second-order valence-electron chi connectivity index (χ2n) is 6.13. The highest BCUT2D eigenvalue weighted by atomic mass is 35.5. The Morgan fingerprint density at radius 3 is 2.74 bits per heavy atom. The number of benzene rings is 1. The molecule has 0 fully saturated rings. The number of aryl methyl sites for hydroxylation is 1. The third kappa shape index (κ3) is 4.43. The standard InChI is InChI=1S/C18H19Cl2N5O2/c1-12-13(9-21-24(12)3)10-23(2)18(26)16-6-7-25(22-16)11-27-17-5-4-14(19)8-15(17)20/h4-9H,10-11H2,1-3H3. The van der Waals surface area contributed by atoms with Crippen molar-refractivity contribution in [2.45, 2.75) is 20.2 Å². The average Bonchev–Trinajstić information content (AvgIpc) is 3.22. The van der Waals surface area contributed by atoms with E-state index in [0.29, 0.717) is 28.0 Å². The molecule has 27 heavy (non-hydrogen) atoms. The third-order valence-corrected chi connectivity index (χ3v) is 4.73. The molecule has 2 aromatic heterocycles. The lowest BCUT2D eigenvalue weighted by molar-refractivity contribution is 0.0777. The van der Waals surface area contributed by atoms with Crippen molar-refractivity contribution in [3.8, 4) is 5.75 Å². The molecule has 0 unspecified atom stereocenters. The summed E-state index contributed by atoms with van der Waals surface area (Å²) >= 11 is 11.9. The van der Waals surface area contributed by atoms with Crippen molar-refractivity contribution in [1.82, 2.24) is 24.5 Å². The van der Waals surface area contributed by atoms with Gasteiger partial charge in [0.25, 0.3) is 5.91 Å². The van der Waals surface area contributed by atoms with Crippen LogP contribution in [0.4, 0.5) is 0 Å². The molecule has 2 heterocycles. The molecule has 1 aromatic carbocycles. The lowest BCUT2D eigenvalue weighted by atomic mass is 10.2. The van der Waals surface area contributed by atoms with Gasteiger partial charge in [-0.15, -0.1) is 0 Å².